The number of hydrogen-bond donors (Lipinski definition) is 1. The zero-order valence-corrected chi connectivity index (χ0v) is 13.4. The smallest absolute Gasteiger partial charge is 0.119 e. The van der Waals surface area contributed by atoms with Crippen molar-refractivity contribution in [1.82, 2.24) is 5.32 Å². The maximum absolute atomic E-state index is 5.34. The van der Waals surface area contributed by atoms with Crippen LogP contribution in [-0.4, -0.2) is 19.7 Å². The maximum Gasteiger partial charge on any atom is 0.119 e. The highest BCUT2D eigenvalue weighted by Crippen LogP contribution is 2.23. The van der Waals surface area contributed by atoms with Crippen molar-refractivity contribution in [3.8, 4) is 5.75 Å². The predicted octanol–water partition coefficient (Wildman–Crippen LogP) is 3.91. The highest BCUT2D eigenvalue weighted by Gasteiger charge is 2.22. The minimum atomic E-state index is 0.649. The summed E-state index contributed by atoms with van der Waals surface area (Å²) in [5.74, 6) is 1.61. The summed E-state index contributed by atoms with van der Waals surface area (Å²) in [6.07, 6.45) is 4.97. The average Bonchev–Trinajstić information content (AvgIpc) is 3.21. The molecular formula is C18H23NOS. The molecule has 1 aliphatic carbocycles. The van der Waals surface area contributed by atoms with E-state index in [1.54, 1.807) is 7.11 Å². The fourth-order valence-corrected chi connectivity index (χ4v) is 3.50. The van der Waals surface area contributed by atoms with E-state index in [-0.39, 0.29) is 0 Å². The molecule has 112 valence electrons. The normalized spacial score (nSPS) is 15.9. The second kappa shape index (κ2) is 7.10. The molecule has 0 radical (unpaired) electrons. The van der Waals surface area contributed by atoms with E-state index < -0.39 is 0 Å². The van der Waals surface area contributed by atoms with Gasteiger partial charge in [-0.25, -0.2) is 0 Å². The van der Waals surface area contributed by atoms with E-state index in [4.69, 9.17) is 4.74 Å². The minimum Gasteiger partial charge on any atom is -0.497 e. The molecule has 1 heterocycles. The first kappa shape index (κ1) is 14.6. The fourth-order valence-electron chi connectivity index (χ4n) is 2.68. The third kappa shape index (κ3) is 4.58. The number of ether oxygens (including phenoxy) is 1. The van der Waals surface area contributed by atoms with E-state index in [2.05, 4.69) is 41.0 Å². The predicted molar refractivity (Wildman–Crippen MR) is 89.2 cm³/mol. The van der Waals surface area contributed by atoms with Crippen LogP contribution in [0.15, 0.2) is 41.8 Å². The van der Waals surface area contributed by atoms with E-state index in [1.807, 2.05) is 17.4 Å². The van der Waals surface area contributed by atoms with Crippen molar-refractivity contribution in [1.29, 1.82) is 0 Å². The van der Waals surface area contributed by atoms with Crippen LogP contribution in [-0.2, 0) is 12.8 Å². The molecule has 3 rings (SSSR count). The van der Waals surface area contributed by atoms with Crippen LogP contribution < -0.4 is 10.1 Å². The van der Waals surface area contributed by atoms with Gasteiger partial charge in [-0.3, -0.25) is 0 Å². The summed E-state index contributed by atoms with van der Waals surface area (Å²) in [7, 11) is 1.73. The van der Waals surface area contributed by atoms with Gasteiger partial charge in [-0.05, 0) is 67.3 Å². The molecule has 2 aromatic rings. The molecule has 1 aromatic heterocycles. The van der Waals surface area contributed by atoms with Crippen molar-refractivity contribution in [2.75, 3.05) is 13.7 Å². The van der Waals surface area contributed by atoms with Crippen molar-refractivity contribution >= 4 is 11.3 Å². The van der Waals surface area contributed by atoms with Gasteiger partial charge in [0.25, 0.3) is 0 Å². The van der Waals surface area contributed by atoms with Gasteiger partial charge in [0.05, 0.1) is 7.11 Å². The van der Waals surface area contributed by atoms with Crippen LogP contribution >= 0.6 is 11.3 Å². The first-order valence-corrected chi connectivity index (χ1v) is 8.60. The molecule has 1 unspecified atom stereocenters. The summed E-state index contributed by atoms with van der Waals surface area (Å²) in [6, 6.07) is 13.7. The van der Waals surface area contributed by atoms with Gasteiger partial charge in [0.1, 0.15) is 5.75 Å². The Balaban J connectivity index is 1.64. The van der Waals surface area contributed by atoms with Gasteiger partial charge in [-0.1, -0.05) is 18.2 Å². The minimum absolute atomic E-state index is 0.649. The van der Waals surface area contributed by atoms with Gasteiger partial charge in [-0.15, -0.1) is 11.3 Å². The van der Waals surface area contributed by atoms with Gasteiger partial charge in [0.2, 0.25) is 0 Å². The number of nitrogens with one attached hydrogen (secondary N) is 1. The average molecular weight is 301 g/mol. The molecule has 0 saturated heterocycles. The zero-order valence-electron chi connectivity index (χ0n) is 12.5. The van der Waals surface area contributed by atoms with E-state index in [0.717, 1.165) is 31.2 Å². The molecule has 0 spiro atoms. The summed E-state index contributed by atoms with van der Waals surface area (Å²) in [5, 5.41) is 5.86. The molecule has 1 saturated carbocycles. The molecule has 0 amide bonds. The fraction of sp³-hybridized carbons (Fsp3) is 0.444. The molecular weight excluding hydrogens is 278 g/mol. The summed E-state index contributed by atoms with van der Waals surface area (Å²) < 4.78 is 5.34. The lowest BCUT2D eigenvalue weighted by atomic mass is 9.95. The van der Waals surface area contributed by atoms with E-state index in [9.17, 15) is 0 Å². The second-order valence-corrected chi connectivity index (χ2v) is 6.92. The first-order valence-electron chi connectivity index (χ1n) is 7.72. The third-order valence-corrected chi connectivity index (χ3v) is 4.90. The lowest BCUT2D eigenvalue weighted by molar-refractivity contribution is 0.413. The Kier molecular flexibility index (Phi) is 4.94. The second-order valence-electron chi connectivity index (χ2n) is 5.89. The van der Waals surface area contributed by atoms with E-state index >= 15 is 0 Å². The topological polar surface area (TPSA) is 21.3 Å². The van der Waals surface area contributed by atoms with Crippen LogP contribution in [0.3, 0.4) is 0 Å². The molecule has 1 N–H and O–H groups in total. The highest BCUT2D eigenvalue weighted by molar-refractivity contribution is 7.09. The molecule has 1 aliphatic rings. The summed E-state index contributed by atoms with van der Waals surface area (Å²) >= 11 is 1.87. The largest absolute Gasteiger partial charge is 0.497 e. The van der Waals surface area contributed by atoms with Crippen LogP contribution in [0.1, 0.15) is 23.3 Å². The van der Waals surface area contributed by atoms with Gasteiger partial charge in [0, 0.05) is 10.9 Å². The Morgan fingerprint density at radius 1 is 1.24 bits per heavy atom. The van der Waals surface area contributed by atoms with Gasteiger partial charge in [0.15, 0.2) is 0 Å². The number of thiophene rings is 1. The van der Waals surface area contributed by atoms with Crippen molar-refractivity contribution in [3.63, 3.8) is 0 Å². The van der Waals surface area contributed by atoms with E-state index in [0.29, 0.717) is 5.92 Å². The van der Waals surface area contributed by atoms with Crippen LogP contribution in [0.4, 0.5) is 0 Å². The van der Waals surface area contributed by atoms with Gasteiger partial charge in [-0.2, -0.15) is 0 Å². The Hall–Kier alpha value is -1.32. The molecule has 2 nitrogen and oxygen atoms in total. The molecule has 0 aliphatic heterocycles. The summed E-state index contributed by atoms with van der Waals surface area (Å²) in [6.45, 7) is 1.11. The van der Waals surface area contributed by atoms with Crippen LogP contribution in [0.2, 0.25) is 0 Å². The quantitative estimate of drug-likeness (QED) is 0.798. The molecule has 0 bridgehead atoms. The Morgan fingerprint density at radius 2 is 2.14 bits per heavy atom. The Labute approximate surface area is 131 Å². The molecule has 3 heteroatoms. The summed E-state index contributed by atoms with van der Waals surface area (Å²) in [5.41, 5.74) is 1.37. The SMILES string of the molecule is COc1cccc(CC(CNC2CC2)Cc2cccs2)c1. The van der Waals surface area contributed by atoms with Crippen LogP contribution in [0.25, 0.3) is 0 Å². The van der Waals surface area contributed by atoms with Crippen molar-refractivity contribution in [3.05, 3.63) is 52.2 Å². The van der Waals surface area contributed by atoms with Crippen LogP contribution in [0.5, 0.6) is 5.75 Å². The van der Waals surface area contributed by atoms with Gasteiger partial charge >= 0.3 is 0 Å². The summed E-state index contributed by atoms with van der Waals surface area (Å²) in [4.78, 5) is 1.49. The molecule has 21 heavy (non-hydrogen) atoms. The number of hydrogen-bond acceptors (Lipinski definition) is 3. The maximum atomic E-state index is 5.34. The number of benzene rings is 1. The van der Waals surface area contributed by atoms with Crippen LogP contribution in [0, 0.1) is 5.92 Å². The Bertz CT molecular complexity index is 548. The van der Waals surface area contributed by atoms with Crippen molar-refractivity contribution < 1.29 is 4.74 Å². The van der Waals surface area contributed by atoms with Gasteiger partial charge < -0.3 is 10.1 Å². The first-order chi connectivity index (χ1) is 10.3. The molecule has 1 atom stereocenters. The molecule has 1 fully saturated rings. The monoisotopic (exact) mass is 301 g/mol. The lowest BCUT2D eigenvalue weighted by Crippen LogP contribution is -2.27. The zero-order chi connectivity index (χ0) is 14.5. The van der Waals surface area contributed by atoms with Crippen molar-refractivity contribution in [2.24, 2.45) is 5.92 Å². The Morgan fingerprint density at radius 3 is 2.86 bits per heavy atom. The highest BCUT2D eigenvalue weighted by atomic mass is 32.1. The van der Waals surface area contributed by atoms with E-state index in [1.165, 1.54) is 23.3 Å². The number of methoxy groups -OCH3 is 1. The van der Waals surface area contributed by atoms with Crippen molar-refractivity contribution in [2.45, 2.75) is 31.7 Å². The standard InChI is InChI=1S/C18H23NOS/c1-20-17-5-2-4-14(11-17)10-15(13-19-16-7-8-16)12-18-6-3-9-21-18/h2-6,9,11,15-16,19H,7-8,10,12-13H2,1H3. The molecule has 1 aromatic carbocycles. The lowest BCUT2D eigenvalue weighted by Gasteiger charge is -2.17. The number of rotatable bonds is 8. The third-order valence-electron chi connectivity index (χ3n) is 4.00.